The van der Waals surface area contributed by atoms with Crippen molar-refractivity contribution in [3.05, 3.63) is 6.07 Å². The van der Waals surface area contributed by atoms with Gasteiger partial charge in [0.1, 0.15) is 21.5 Å². The number of nitrogens with one attached hydrogen (secondary N) is 2. The van der Waals surface area contributed by atoms with Crippen molar-refractivity contribution in [1.82, 2.24) is 9.97 Å². The van der Waals surface area contributed by atoms with Crippen LogP contribution >= 0.6 is 0 Å². The highest BCUT2D eigenvalue weighted by atomic mass is 32.2. The molecule has 0 spiro atoms. The van der Waals surface area contributed by atoms with Crippen LogP contribution in [0.4, 0.5) is 17.6 Å². The van der Waals surface area contributed by atoms with Gasteiger partial charge in [0.05, 0.1) is 5.75 Å². The van der Waals surface area contributed by atoms with Crippen LogP contribution in [0.1, 0.15) is 0 Å². The standard InChI is InChI=1S/C8H15N5O2S/c1-10-6-5-7(13-8(9)12-6)11-3-4-16(2,14)15/h5H,3-4H2,1-2H3,(H4,9,10,11,12,13). The largest absolute Gasteiger partial charge is 0.373 e. The summed E-state index contributed by atoms with van der Waals surface area (Å²) in [6.45, 7) is 0.290. The summed E-state index contributed by atoms with van der Waals surface area (Å²) in [7, 11) is -1.26. The topological polar surface area (TPSA) is 110 Å². The highest BCUT2D eigenvalue weighted by molar-refractivity contribution is 7.90. The Morgan fingerprint density at radius 1 is 1.38 bits per heavy atom. The van der Waals surface area contributed by atoms with Crippen LogP contribution in [0.25, 0.3) is 0 Å². The number of nitrogens with two attached hydrogens (primary N) is 1. The molecule has 90 valence electrons. The minimum Gasteiger partial charge on any atom is -0.373 e. The number of nitrogens with zero attached hydrogens (tertiary/aromatic N) is 2. The summed E-state index contributed by atoms with van der Waals surface area (Å²) in [4.78, 5) is 7.83. The second-order valence-electron chi connectivity index (χ2n) is 3.30. The van der Waals surface area contributed by atoms with E-state index < -0.39 is 9.84 Å². The van der Waals surface area contributed by atoms with E-state index in [0.717, 1.165) is 0 Å². The van der Waals surface area contributed by atoms with Gasteiger partial charge in [0.15, 0.2) is 0 Å². The third kappa shape index (κ3) is 4.30. The second kappa shape index (κ2) is 4.97. The van der Waals surface area contributed by atoms with E-state index in [4.69, 9.17) is 5.73 Å². The maximum atomic E-state index is 10.9. The molecule has 0 aliphatic heterocycles. The number of rotatable bonds is 5. The molecule has 0 saturated carbocycles. The Labute approximate surface area is 94.4 Å². The van der Waals surface area contributed by atoms with E-state index in [1.54, 1.807) is 13.1 Å². The number of anilines is 3. The molecule has 0 aliphatic carbocycles. The summed E-state index contributed by atoms with van der Waals surface area (Å²) < 4.78 is 21.8. The number of hydrogen-bond acceptors (Lipinski definition) is 7. The van der Waals surface area contributed by atoms with Crippen molar-refractivity contribution in [1.29, 1.82) is 0 Å². The van der Waals surface area contributed by atoms with E-state index in [2.05, 4.69) is 20.6 Å². The van der Waals surface area contributed by atoms with Gasteiger partial charge in [-0.15, -0.1) is 0 Å². The molecule has 16 heavy (non-hydrogen) atoms. The van der Waals surface area contributed by atoms with Gasteiger partial charge in [-0.05, 0) is 0 Å². The molecule has 8 heteroatoms. The zero-order valence-electron chi connectivity index (χ0n) is 9.19. The molecule has 0 radical (unpaired) electrons. The molecular weight excluding hydrogens is 230 g/mol. The summed E-state index contributed by atoms with van der Waals surface area (Å²) in [5.74, 6) is 1.26. The summed E-state index contributed by atoms with van der Waals surface area (Å²) in [5.41, 5.74) is 5.47. The fourth-order valence-electron chi connectivity index (χ4n) is 1.05. The van der Waals surface area contributed by atoms with E-state index in [1.807, 2.05) is 0 Å². The van der Waals surface area contributed by atoms with Crippen LogP contribution < -0.4 is 16.4 Å². The van der Waals surface area contributed by atoms with Gasteiger partial charge in [-0.25, -0.2) is 8.42 Å². The molecule has 1 heterocycles. The Kier molecular flexibility index (Phi) is 3.88. The first kappa shape index (κ1) is 12.5. The van der Waals surface area contributed by atoms with E-state index in [1.165, 1.54) is 6.26 Å². The van der Waals surface area contributed by atoms with Crippen LogP contribution in [0, 0.1) is 0 Å². The predicted octanol–water partition coefficient (Wildman–Crippen LogP) is -0.443. The van der Waals surface area contributed by atoms with Crippen molar-refractivity contribution in [2.45, 2.75) is 0 Å². The summed E-state index contributed by atoms with van der Waals surface area (Å²) in [6, 6.07) is 1.65. The van der Waals surface area contributed by atoms with Crippen LogP contribution in [0.2, 0.25) is 0 Å². The lowest BCUT2D eigenvalue weighted by atomic mass is 10.5. The molecule has 0 atom stereocenters. The van der Waals surface area contributed by atoms with Crippen molar-refractivity contribution in [2.75, 3.05) is 42.0 Å². The van der Waals surface area contributed by atoms with E-state index in [9.17, 15) is 8.42 Å². The van der Waals surface area contributed by atoms with Gasteiger partial charge in [-0.3, -0.25) is 0 Å². The number of nitrogen functional groups attached to an aromatic ring is 1. The summed E-state index contributed by atoms with van der Waals surface area (Å²) >= 11 is 0. The number of hydrogen-bond donors (Lipinski definition) is 3. The average Bonchev–Trinajstić information content (AvgIpc) is 2.14. The van der Waals surface area contributed by atoms with Crippen LogP contribution in [0.3, 0.4) is 0 Å². The molecule has 0 bridgehead atoms. The van der Waals surface area contributed by atoms with Crippen molar-refractivity contribution < 1.29 is 8.42 Å². The molecular formula is C8H15N5O2S. The first-order valence-corrected chi connectivity index (χ1v) is 6.70. The van der Waals surface area contributed by atoms with Gasteiger partial charge in [0.2, 0.25) is 5.95 Å². The number of aromatic nitrogens is 2. The van der Waals surface area contributed by atoms with Crippen LogP contribution in [0.5, 0.6) is 0 Å². The number of sulfone groups is 1. The van der Waals surface area contributed by atoms with Crippen molar-refractivity contribution in [2.24, 2.45) is 0 Å². The fraction of sp³-hybridized carbons (Fsp3) is 0.500. The molecule has 0 aromatic carbocycles. The normalized spacial score (nSPS) is 11.1. The highest BCUT2D eigenvalue weighted by Gasteiger charge is 2.03. The van der Waals surface area contributed by atoms with Crippen LogP contribution in [-0.2, 0) is 9.84 Å². The first-order valence-electron chi connectivity index (χ1n) is 4.64. The van der Waals surface area contributed by atoms with Crippen molar-refractivity contribution in [3.63, 3.8) is 0 Å². The zero-order valence-corrected chi connectivity index (χ0v) is 10.0. The van der Waals surface area contributed by atoms with E-state index in [0.29, 0.717) is 18.2 Å². The lowest BCUT2D eigenvalue weighted by Crippen LogP contribution is -2.15. The van der Waals surface area contributed by atoms with Crippen LogP contribution in [0.15, 0.2) is 6.07 Å². The lowest BCUT2D eigenvalue weighted by molar-refractivity contribution is 0.602. The minimum absolute atomic E-state index is 0.0474. The Balaban J connectivity index is 2.63. The van der Waals surface area contributed by atoms with Gasteiger partial charge >= 0.3 is 0 Å². The first-order chi connectivity index (χ1) is 7.40. The molecule has 1 aromatic rings. The maximum Gasteiger partial charge on any atom is 0.223 e. The molecule has 0 amide bonds. The molecule has 7 nitrogen and oxygen atoms in total. The van der Waals surface area contributed by atoms with Crippen molar-refractivity contribution >= 4 is 27.4 Å². The molecule has 0 aliphatic rings. The van der Waals surface area contributed by atoms with E-state index >= 15 is 0 Å². The Bertz CT molecular complexity index is 459. The fourth-order valence-corrected chi connectivity index (χ4v) is 1.52. The van der Waals surface area contributed by atoms with Gasteiger partial charge in [0, 0.05) is 25.9 Å². The van der Waals surface area contributed by atoms with Gasteiger partial charge < -0.3 is 16.4 Å². The third-order valence-electron chi connectivity index (χ3n) is 1.78. The maximum absolute atomic E-state index is 10.9. The third-order valence-corrected chi connectivity index (χ3v) is 2.72. The minimum atomic E-state index is -2.97. The molecule has 1 rings (SSSR count). The quantitative estimate of drug-likeness (QED) is 0.644. The average molecular weight is 245 g/mol. The molecule has 0 unspecified atom stereocenters. The van der Waals surface area contributed by atoms with Gasteiger partial charge in [-0.1, -0.05) is 0 Å². The SMILES string of the molecule is CNc1cc(NCCS(C)(=O)=O)nc(N)n1. The van der Waals surface area contributed by atoms with Crippen LogP contribution in [-0.4, -0.2) is 44.0 Å². The predicted molar refractivity (Wildman–Crippen MR) is 64.2 cm³/mol. The lowest BCUT2D eigenvalue weighted by Gasteiger charge is -2.07. The van der Waals surface area contributed by atoms with Gasteiger partial charge in [-0.2, -0.15) is 9.97 Å². The zero-order chi connectivity index (χ0) is 12.2. The molecule has 0 fully saturated rings. The van der Waals surface area contributed by atoms with Crippen molar-refractivity contribution in [3.8, 4) is 0 Å². The van der Waals surface area contributed by atoms with Gasteiger partial charge in [0.25, 0.3) is 0 Å². The molecule has 4 N–H and O–H groups in total. The molecule has 1 aromatic heterocycles. The Hall–Kier alpha value is -1.57. The van der Waals surface area contributed by atoms with E-state index in [-0.39, 0.29) is 11.7 Å². The monoisotopic (exact) mass is 245 g/mol. The second-order valence-corrected chi connectivity index (χ2v) is 5.56. The Morgan fingerprint density at radius 2 is 2.00 bits per heavy atom. The Morgan fingerprint density at radius 3 is 2.56 bits per heavy atom. The summed E-state index contributed by atoms with van der Waals surface area (Å²) in [5, 5.41) is 5.69. The highest BCUT2D eigenvalue weighted by Crippen LogP contribution is 2.11. The summed E-state index contributed by atoms with van der Waals surface area (Å²) in [6.07, 6.45) is 1.18. The molecule has 0 saturated heterocycles. The smallest absolute Gasteiger partial charge is 0.223 e.